The number of benzene rings is 1. The van der Waals surface area contributed by atoms with Gasteiger partial charge in [-0.05, 0) is 25.0 Å². The van der Waals surface area contributed by atoms with E-state index in [-0.39, 0.29) is 24.0 Å². The maximum Gasteiger partial charge on any atom is 0.191 e. The number of rotatable bonds is 9. The molecule has 0 bridgehead atoms. The second kappa shape index (κ2) is 12.5. The molecule has 0 amide bonds. The van der Waals surface area contributed by atoms with Gasteiger partial charge in [0.1, 0.15) is 17.9 Å². The number of aliphatic imine (C=N–C) groups is 1. The molecule has 0 spiro atoms. The van der Waals surface area contributed by atoms with Crippen LogP contribution in [-0.2, 0) is 19.4 Å². The van der Waals surface area contributed by atoms with Crippen LogP contribution in [0.3, 0.4) is 0 Å². The minimum absolute atomic E-state index is 0. The Morgan fingerprint density at radius 1 is 1.23 bits per heavy atom. The van der Waals surface area contributed by atoms with Gasteiger partial charge in [-0.15, -0.1) is 34.2 Å². The van der Waals surface area contributed by atoms with E-state index in [4.69, 9.17) is 4.74 Å². The molecule has 2 aromatic rings. The normalized spacial score (nSPS) is 11.0. The molecule has 0 saturated carbocycles. The van der Waals surface area contributed by atoms with Gasteiger partial charge in [0.25, 0.3) is 0 Å². The maximum atomic E-state index is 5.38. The Kier molecular flexibility index (Phi) is 10.7. The summed E-state index contributed by atoms with van der Waals surface area (Å²) in [5.41, 5.74) is 1.17. The third kappa shape index (κ3) is 6.81. The number of para-hydroxylation sites is 1. The van der Waals surface area contributed by atoms with Crippen LogP contribution in [0, 0.1) is 0 Å². The van der Waals surface area contributed by atoms with E-state index in [2.05, 4.69) is 50.3 Å². The minimum Gasteiger partial charge on any atom is -0.496 e. The number of guanidine groups is 1. The SMILES string of the molecule is CCNC(=NCCc1ccccc1OC)NCCn1cnnc1CC.I. The second-order valence-electron chi connectivity index (χ2n) is 5.54. The Bertz CT molecular complexity index is 673. The third-order valence-electron chi connectivity index (χ3n) is 3.84. The van der Waals surface area contributed by atoms with Crippen molar-refractivity contribution >= 4 is 29.9 Å². The number of methoxy groups -OCH3 is 1. The molecule has 0 radical (unpaired) electrons. The summed E-state index contributed by atoms with van der Waals surface area (Å²) in [5, 5.41) is 14.7. The highest BCUT2D eigenvalue weighted by Crippen LogP contribution is 2.17. The van der Waals surface area contributed by atoms with Crippen LogP contribution < -0.4 is 15.4 Å². The third-order valence-corrected chi connectivity index (χ3v) is 3.84. The van der Waals surface area contributed by atoms with E-state index < -0.39 is 0 Å². The molecule has 8 heteroatoms. The average molecular weight is 472 g/mol. The highest BCUT2D eigenvalue weighted by Gasteiger charge is 2.03. The van der Waals surface area contributed by atoms with Crippen molar-refractivity contribution in [2.45, 2.75) is 33.2 Å². The lowest BCUT2D eigenvalue weighted by Crippen LogP contribution is -2.39. The molecular weight excluding hydrogens is 443 g/mol. The van der Waals surface area contributed by atoms with Crippen molar-refractivity contribution in [3.05, 3.63) is 42.0 Å². The first-order chi connectivity index (χ1) is 12.3. The average Bonchev–Trinajstić information content (AvgIpc) is 3.09. The Morgan fingerprint density at radius 2 is 2.04 bits per heavy atom. The van der Waals surface area contributed by atoms with Crippen LogP contribution in [0.1, 0.15) is 25.2 Å². The van der Waals surface area contributed by atoms with Crippen molar-refractivity contribution in [2.75, 3.05) is 26.7 Å². The summed E-state index contributed by atoms with van der Waals surface area (Å²) in [6.07, 6.45) is 3.49. The van der Waals surface area contributed by atoms with Gasteiger partial charge in [0.15, 0.2) is 5.96 Å². The van der Waals surface area contributed by atoms with Gasteiger partial charge in [-0.3, -0.25) is 4.99 Å². The molecule has 0 saturated heterocycles. The first kappa shape index (κ1) is 22.2. The minimum atomic E-state index is 0. The van der Waals surface area contributed by atoms with E-state index in [1.54, 1.807) is 13.4 Å². The Morgan fingerprint density at radius 3 is 2.77 bits per heavy atom. The molecule has 0 unspecified atom stereocenters. The van der Waals surface area contributed by atoms with Gasteiger partial charge in [0.2, 0.25) is 0 Å². The molecule has 1 aromatic carbocycles. The van der Waals surface area contributed by atoms with Crippen molar-refractivity contribution in [1.29, 1.82) is 0 Å². The lowest BCUT2D eigenvalue weighted by Gasteiger charge is -2.12. The van der Waals surface area contributed by atoms with Crippen molar-refractivity contribution in [1.82, 2.24) is 25.4 Å². The first-order valence-electron chi connectivity index (χ1n) is 8.79. The number of aromatic nitrogens is 3. The van der Waals surface area contributed by atoms with Crippen LogP contribution in [0.15, 0.2) is 35.6 Å². The number of nitrogens with zero attached hydrogens (tertiary/aromatic N) is 4. The summed E-state index contributed by atoms with van der Waals surface area (Å²) in [5.74, 6) is 2.73. The molecule has 0 atom stereocenters. The highest BCUT2D eigenvalue weighted by atomic mass is 127. The van der Waals surface area contributed by atoms with Gasteiger partial charge in [-0.2, -0.15) is 0 Å². The number of hydrogen-bond acceptors (Lipinski definition) is 4. The fourth-order valence-electron chi connectivity index (χ4n) is 2.57. The molecule has 0 aliphatic rings. The number of aryl methyl sites for hydroxylation is 1. The standard InChI is InChI=1S/C18H28N6O.HI/c1-4-17-23-22-14-24(17)13-12-21-18(19-5-2)20-11-10-15-8-6-7-9-16(15)25-3;/h6-9,14H,4-5,10-13H2,1-3H3,(H2,19,20,21);1H. The maximum absolute atomic E-state index is 5.38. The first-order valence-corrected chi connectivity index (χ1v) is 8.79. The van der Waals surface area contributed by atoms with E-state index in [0.717, 1.165) is 50.0 Å². The lowest BCUT2D eigenvalue weighted by molar-refractivity contribution is 0.410. The summed E-state index contributed by atoms with van der Waals surface area (Å²) in [6, 6.07) is 8.06. The van der Waals surface area contributed by atoms with Gasteiger partial charge in [0.05, 0.1) is 7.11 Å². The quantitative estimate of drug-likeness (QED) is 0.333. The number of hydrogen-bond donors (Lipinski definition) is 2. The van der Waals surface area contributed by atoms with Crippen LogP contribution in [0.5, 0.6) is 5.75 Å². The topological polar surface area (TPSA) is 76.4 Å². The molecule has 0 aliphatic heterocycles. The molecule has 26 heavy (non-hydrogen) atoms. The van der Waals surface area contributed by atoms with Crippen LogP contribution in [0.2, 0.25) is 0 Å². The van der Waals surface area contributed by atoms with E-state index in [9.17, 15) is 0 Å². The van der Waals surface area contributed by atoms with Crippen LogP contribution in [-0.4, -0.2) is 47.5 Å². The smallest absolute Gasteiger partial charge is 0.191 e. The zero-order valence-electron chi connectivity index (χ0n) is 15.7. The summed E-state index contributed by atoms with van der Waals surface area (Å²) >= 11 is 0. The van der Waals surface area contributed by atoms with Gasteiger partial charge >= 0.3 is 0 Å². The molecule has 144 valence electrons. The molecule has 2 N–H and O–H groups in total. The Balaban J connectivity index is 0.00000338. The molecule has 7 nitrogen and oxygen atoms in total. The van der Waals surface area contributed by atoms with E-state index in [1.807, 2.05) is 18.2 Å². The summed E-state index contributed by atoms with van der Waals surface area (Å²) in [7, 11) is 1.70. The van der Waals surface area contributed by atoms with Crippen molar-refractivity contribution in [3.63, 3.8) is 0 Å². The van der Waals surface area contributed by atoms with Crippen molar-refractivity contribution in [2.24, 2.45) is 4.99 Å². The molecule has 1 heterocycles. The Hall–Kier alpha value is -1.84. The number of halogens is 1. The zero-order valence-corrected chi connectivity index (χ0v) is 18.1. The van der Waals surface area contributed by atoms with E-state index in [1.165, 1.54) is 5.56 Å². The lowest BCUT2D eigenvalue weighted by atomic mass is 10.1. The van der Waals surface area contributed by atoms with Gasteiger partial charge < -0.3 is 19.9 Å². The fourth-order valence-corrected chi connectivity index (χ4v) is 2.57. The van der Waals surface area contributed by atoms with Crippen LogP contribution in [0.4, 0.5) is 0 Å². The summed E-state index contributed by atoms with van der Waals surface area (Å²) < 4.78 is 7.45. The molecule has 0 fully saturated rings. The molecule has 1 aromatic heterocycles. The number of nitrogens with one attached hydrogen (secondary N) is 2. The van der Waals surface area contributed by atoms with Gasteiger partial charge in [-0.1, -0.05) is 25.1 Å². The van der Waals surface area contributed by atoms with E-state index >= 15 is 0 Å². The van der Waals surface area contributed by atoms with Crippen LogP contribution >= 0.6 is 24.0 Å². The fraction of sp³-hybridized carbons (Fsp3) is 0.500. The van der Waals surface area contributed by atoms with Crippen molar-refractivity contribution < 1.29 is 4.74 Å². The predicted octanol–water partition coefficient (Wildman–Crippen LogP) is 2.26. The second-order valence-corrected chi connectivity index (χ2v) is 5.54. The van der Waals surface area contributed by atoms with Gasteiger partial charge in [0, 0.05) is 32.6 Å². The molecule has 2 rings (SSSR count). The zero-order chi connectivity index (χ0) is 17.9. The Labute approximate surface area is 172 Å². The summed E-state index contributed by atoms with van der Waals surface area (Å²) in [4.78, 5) is 4.64. The highest BCUT2D eigenvalue weighted by molar-refractivity contribution is 14.0. The monoisotopic (exact) mass is 472 g/mol. The summed E-state index contributed by atoms with van der Waals surface area (Å²) in [6.45, 7) is 7.25. The predicted molar refractivity (Wildman–Crippen MR) is 115 cm³/mol. The van der Waals surface area contributed by atoms with Gasteiger partial charge in [-0.25, -0.2) is 0 Å². The van der Waals surface area contributed by atoms with Crippen molar-refractivity contribution in [3.8, 4) is 5.75 Å². The van der Waals surface area contributed by atoms with E-state index in [0.29, 0.717) is 6.54 Å². The van der Waals surface area contributed by atoms with Crippen LogP contribution in [0.25, 0.3) is 0 Å². The largest absolute Gasteiger partial charge is 0.496 e. The molecule has 0 aliphatic carbocycles. The molecular formula is C18H29IN6O. The number of ether oxygens (including phenoxy) is 1.